The highest BCUT2D eigenvalue weighted by molar-refractivity contribution is 7.98. The molecule has 308 valence electrons. The molecule has 21 heteroatoms. The smallest absolute Gasteiger partial charge is 0.326 e. The van der Waals surface area contributed by atoms with Gasteiger partial charge in [-0.3, -0.25) is 33.6 Å². The van der Waals surface area contributed by atoms with Crippen LogP contribution in [-0.2, 0) is 38.4 Å². The number of rotatable bonds is 25. The van der Waals surface area contributed by atoms with Gasteiger partial charge in [0.05, 0.1) is 19.8 Å². The van der Waals surface area contributed by atoms with Gasteiger partial charge in [0, 0.05) is 6.54 Å². The molecule has 0 aromatic carbocycles. The van der Waals surface area contributed by atoms with Crippen LogP contribution in [0.3, 0.4) is 0 Å². The monoisotopic (exact) mass is 789 g/mol. The minimum absolute atomic E-state index is 0.161. The standard InChI is InChI=1S/C33H59N9O11S/c1-5-18(2)26(41-29(48)23(17-44)40-28(47)22(16-43)37-25(45)15-35)31(50)38-20(11-14-54-4)32(51)42-13-8-10-24(42)30(49)36-19(3)27(46)39-21(33(52)53)9-6-7-12-34/h18-24,26,43-44H,5-17,34-35H2,1-4H3,(H,36,49)(H,37,45)(H,38,50)(H,39,46)(H,40,47)(H,41,48)(H,52,53). The molecule has 0 bridgehead atoms. The van der Waals surface area contributed by atoms with Crippen molar-refractivity contribution in [2.45, 2.75) is 108 Å². The maximum absolute atomic E-state index is 14.0. The highest BCUT2D eigenvalue weighted by atomic mass is 32.2. The van der Waals surface area contributed by atoms with Gasteiger partial charge >= 0.3 is 5.97 Å². The van der Waals surface area contributed by atoms with Crippen LogP contribution in [-0.4, -0.2) is 155 Å². The molecule has 8 atom stereocenters. The van der Waals surface area contributed by atoms with Gasteiger partial charge in [-0.1, -0.05) is 20.3 Å². The summed E-state index contributed by atoms with van der Waals surface area (Å²) in [6.07, 6.45) is 4.34. The largest absolute Gasteiger partial charge is 0.480 e. The van der Waals surface area contributed by atoms with Crippen LogP contribution in [0.25, 0.3) is 0 Å². The summed E-state index contributed by atoms with van der Waals surface area (Å²) in [5.41, 5.74) is 10.7. The Balaban J connectivity index is 3.10. The van der Waals surface area contributed by atoms with Crippen LogP contribution >= 0.6 is 11.8 Å². The van der Waals surface area contributed by atoms with Gasteiger partial charge in [0.2, 0.25) is 41.4 Å². The van der Waals surface area contributed by atoms with Gasteiger partial charge in [0.15, 0.2) is 0 Å². The fourth-order valence-corrected chi connectivity index (χ4v) is 6.02. The molecule has 1 heterocycles. The van der Waals surface area contributed by atoms with Crippen LogP contribution in [0.5, 0.6) is 0 Å². The number of aliphatic hydroxyl groups excluding tert-OH is 2. The van der Waals surface area contributed by atoms with Crippen molar-refractivity contribution in [3.63, 3.8) is 0 Å². The summed E-state index contributed by atoms with van der Waals surface area (Å²) >= 11 is 1.42. The number of amides is 7. The predicted octanol–water partition coefficient (Wildman–Crippen LogP) is -4.14. The van der Waals surface area contributed by atoms with Gasteiger partial charge in [0.1, 0.15) is 42.3 Å². The lowest BCUT2D eigenvalue weighted by Gasteiger charge is -2.31. The summed E-state index contributed by atoms with van der Waals surface area (Å²) in [5.74, 6) is -6.56. The molecule has 7 amide bonds. The summed E-state index contributed by atoms with van der Waals surface area (Å²) in [5, 5.41) is 43.5. The fraction of sp³-hybridized carbons (Fsp3) is 0.758. The van der Waals surface area contributed by atoms with E-state index in [4.69, 9.17) is 11.5 Å². The second-order valence-electron chi connectivity index (χ2n) is 13.1. The summed E-state index contributed by atoms with van der Waals surface area (Å²) < 4.78 is 0. The third-order valence-corrected chi connectivity index (χ3v) is 9.65. The van der Waals surface area contributed by atoms with Crippen LogP contribution in [0, 0.1) is 5.92 Å². The van der Waals surface area contributed by atoms with E-state index in [0.29, 0.717) is 38.0 Å². The predicted molar refractivity (Wildman–Crippen MR) is 198 cm³/mol. The minimum Gasteiger partial charge on any atom is -0.480 e. The fourth-order valence-electron chi connectivity index (χ4n) is 5.55. The van der Waals surface area contributed by atoms with Gasteiger partial charge in [-0.25, -0.2) is 4.79 Å². The van der Waals surface area contributed by atoms with Crippen molar-refractivity contribution in [1.29, 1.82) is 0 Å². The third kappa shape index (κ3) is 15.4. The van der Waals surface area contributed by atoms with E-state index in [-0.39, 0.29) is 25.8 Å². The second kappa shape index (κ2) is 25.1. The quantitative estimate of drug-likeness (QED) is 0.0392. The number of carbonyl (C=O) groups is 8. The number of thioether (sulfide) groups is 1. The Hall–Kier alpha value is -4.05. The number of carbonyl (C=O) groups excluding carboxylic acids is 7. The lowest BCUT2D eigenvalue weighted by Crippen LogP contribution is -2.61. The molecule has 20 nitrogen and oxygen atoms in total. The average Bonchev–Trinajstić information content (AvgIpc) is 3.65. The maximum atomic E-state index is 14.0. The van der Waals surface area contributed by atoms with E-state index in [1.807, 2.05) is 6.26 Å². The molecule has 1 aliphatic heterocycles. The van der Waals surface area contributed by atoms with Crippen LogP contribution in [0.15, 0.2) is 0 Å². The van der Waals surface area contributed by atoms with E-state index in [1.165, 1.54) is 23.6 Å². The zero-order chi connectivity index (χ0) is 41.0. The highest BCUT2D eigenvalue weighted by Crippen LogP contribution is 2.21. The van der Waals surface area contributed by atoms with Gasteiger partial charge in [-0.15, -0.1) is 0 Å². The normalized spacial score (nSPS) is 17.8. The van der Waals surface area contributed by atoms with Crippen molar-refractivity contribution in [3.05, 3.63) is 0 Å². The topological polar surface area (TPSA) is 325 Å². The van der Waals surface area contributed by atoms with Crippen LogP contribution < -0.4 is 43.4 Å². The molecule has 54 heavy (non-hydrogen) atoms. The number of aliphatic carboxylic acids is 1. The number of likely N-dealkylation sites (tertiary alicyclic amines) is 1. The molecule has 0 saturated carbocycles. The molecule has 8 unspecified atom stereocenters. The van der Waals surface area contributed by atoms with Crippen molar-refractivity contribution in [3.8, 4) is 0 Å². The molecule has 1 rings (SSSR count). The Bertz CT molecular complexity index is 1290. The molecular formula is C33H59N9O11S. The van der Waals surface area contributed by atoms with Crippen LogP contribution in [0.4, 0.5) is 0 Å². The minimum atomic E-state index is -1.57. The lowest BCUT2D eigenvalue weighted by atomic mass is 9.97. The first-order valence-corrected chi connectivity index (χ1v) is 19.4. The number of carboxylic acid groups (broad SMARTS) is 1. The van der Waals surface area contributed by atoms with E-state index in [9.17, 15) is 53.7 Å². The molecule has 13 N–H and O–H groups in total. The van der Waals surface area contributed by atoms with E-state index in [2.05, 4.69) is 31.9 Å². The molecule has 0 spiro atoms. The highest BCUT2D eigenvalue weighted by Gasteiger charge is 2.40. The van der Waals surface area contributed by atoms with Gasteiger partial charge in [-0.2, -0.15) is 11.8 Å². The number of hydrogen-bond acceptors (Lipinski definition) is 13. The molecule has 0 aromatic heterocycles. The summed E-state index contributed by atoms with van der Waals surface area (Å²) in [7, 11) is 0. The van der Waals surface area contributed by atoms with Crippen molar-refractivity contribution in [2.75, 3.05) is 44.9 Å². The van der Waals surface area contributed by atoms with Crippen molar-refractivity contribution >= 4 is 59.1 Å². The summed E-state index contributed by atoms with van der Waals surface area (Å²) in [6, 6.07) is -8.64. The Morgan fingerprint density at radius 3 is 1.93 bits per heavy atom. The first kappa shape index (κ1) is 48.0. The first-order valence-electron chi connectivity index (χ1n) is 18.1. The number of carboxylic acids is 1. The lowest BCUT2D eigenvalue weighted by molar-refractivity contribution is -0.143. The number of nitrogens with two attached hydrogens (primary N) is 2. The zero-order valence-corrected chi connectivity index (χ0v) is 32.2. The molecule has 1 saturated heterocycles. The van der Waals surface area contributed by atoms with Crippen LogP contribution in [0.1, 0.15) is 65.7 Å². The second-order valence-corrected chi connectivity index (χ2v) is 14.1. The maximum Gasteiger partial charge on any atom is 0.326 e. The average molecular weight is 790 g/mol. The molecule has 1 aliphatic rings. The van der Waals surface area contributed by atoms with E-state index in [1.54, 1.807) is 13.8 Å². The van der Waals surface area contributed by atoms with E-state index in [0.717, 1.165) is 0 Å². The van der Waals surface area contributed by atoms with E-state index < -0.39 is 115 Å². The number of hydrogen-bond donors (Lipinski definition) is 11. The number of aliphatic hydroxyl groups is 2. The molecule has 0 aromatic rings. The zero-order valence-electron chi connectivity index (χ0n) is 31.4. The molecular weight excluding hydrogens is 730 g/mol. The SMILES string of the molecule is CCC(C)C(NC(=O)C(CO)NC(=O)C(CO)NC(=O)CN)C(=O)NC(CCSC)C(=O)N1CCCC1C(=O)NC(C)C(=O)NC(CCCCN)C(=O)O. The number of nitrogens with zero attached hydrogens (tertiary/aromatic N) is 1. The van der Waals surface area contributed by atoms with Crippen molar-refractivity contribution < 1.29 is 53.7 Å². The van der Waals surface area contributed by atoms with Crippen LogP contribution in [0.2, 0.25) is 0 Å². The summed E-state index contributed by atoms with van der Waals surface area (Å²) in [4.78, 5) is 104. The number of nitrogens with one attached hydrogen (secondary N) is 6. The number of unbranched alkanes of at least 4 members (excludes halogenated alkanes) is 1. The Morgan fingerprint density at radius 1 is 0.778 bits per heavy atom. The Labute approximate surface area is 319 Å². The van der Waals surface area contributed by atoms with E-state index >= 15 is 0 Å². The molecule has 1 fully saturated rings. The van der Waals surface area contributed by atoms with Crippen molar-refractivity contribution in [2.24, 2.45) is 17.4 Å². The molecule has 0 aliphatic carbocycles. The Kier molecular flexibility index (Phi) is 22.3. The van der Waals surface area contributed by atoms with Crippen molar-refractivity contribution in [1.82, 2.24) is 36.8 Å². The van der Waals surface area contributed by atoms with Gasteiger partial charge in [0.25, 0.3) is 0 Å². The summed E-state index contributed by atoms with van der Waals surface area (Å²) in [6.45, 7) is 3.23. The molecule has 0 radical (unpaired) electrons. The Morgan fingerprint density at radius 2 is 1.37 bits per heavy atom. The third-order valence-electron chi connectivity index (χ3n) is 9.01. The van der Waals surface area contributed by atoms with Gasteiger partial charge < -0.3 is 63.6 Å². The first-order chi connectivity index (χ1) is 25.6. The van der Waals surface area contributed by atoms with Gasteiger partial charge in [-0.05, 0) is 69.9 Å².